The summed E-state index contributed by atoms with van der Waals surface area (Å²) in [5.74, 6) is 0.783. The van der Waals surface area contributed by atoms with Crippen molar-refractivity contribution >= 4 is 23.1 Å². The van der Waals surface area contributed by atoms with Crippen LogP contribution in [0.4, 0.5) is 10.5 Å². The average molecular weight is 302 g/mol. The Morgan fingerprint density at radius 2 is 2.14 bits per heavy atom. The minimum Gasteiger partial charge on any atom is -0.497 e. The lowest BCUT2D eigenvalue weighted by molar-refractivity contribution is 0.208. The predicted octanol–water partition coefficient (Wildman–Crippen LogP) is 4.13. The molecular weight excluding hydrogens is 284 g/mol. The first kappa shape index (κ1) is 13.9. The van der Waals surface area contributed by atoms with Crippen LogP contribution in [0.2, 0.25) is 0 Å². The van der Waals surface area contributed by atoms with Crippen LogP contribution in [0.25, 0.3) is 0 Å². The largest absolute Gasteiger partial charge is 0.497 e. The molecule has 1 saturated heterocycles. The quantitative estimate of drug-likeness (QED) is 0.926. The number of carbonyl (C=O) groups is 1. The molecule has 110 valence electrons. The van der Waals surface area contributed by atoms with Crippen molar-refractivity contribution in [3.8, 4) is 5.75 Å². The van der Waals surface area contributed by atoms with Crippen molar-refractivity contribution in [1.82, 2.24) is 4.90 Å². The molecule has 0 saturated carbocycles. The SMILES string of the molecule is COc1ccc(NC(=O)N2CCCC2c2cccs2)cc1. The number of likely N-dealkylation sites (tertiary alicyclic amines) is 1. The Kier molecular flexibility index (Phi) is 4.10. The van der Waals surface area contributed by atoms with E-state index in [1.165, 1.54) is 4.88 Å². The zero-order chi connectivity index (χ0) is 14.7. The molecule has 1 aliphatic rings. The Balaban J connectivity index is 1.69. The van der Waals surface area contributed by atoms with Gasteiger partial charge >= 0.3 is 6.03 Å². The molecule has 4 nitrogen and oxygen atoms in total. The molecule has 0 bridgehead atoms. The lowest BCUT2D eigenvalue weighted by atomic mass is 10.2. The molecule has 2 amide bonds. The number of hydrogen-bond donors (Lipinski definition) is 1. The Morgan fingerprint density at radius 1 is 1.33 bits per heavy atom. The van der Waals surface area contributed by atoms with E-state index in [-0.39, 0.29) is 12.1 Å². The minimum absolute atomic E-state index is 0.0314. The fourth-order valence-electron chi connectivity index (χ4n) is 2.66. The normalized spacial score (nSPS) is 17.8. The molecule has 0 aliphatic carbocycles. The maximum atomic E-state index is 12.5. The van der Waals surface area contributed by atoms with Crippen molar-refractivity contribution in [1.29, 1.82) is 0 Å². The van der Waals surface area contributed by atoms with Crippen molar-refractivity contribution in [2.75, 3.05) is 19.0 Å². The van der Waals surface area contributed by atoms with Gasteiger partial charge in [0.2, 0.25) is 0 Å². The molecule has 5 heteroatoms. The van der Waals surface area contributed by atoms with Crippen LogP contribution in [0.1, 0.15) is 23.8 Å². The number of nitrogens with zero attached hydrogens (tertiary/aromatic N) is 1. The maximum Gasteiger partial charge on any atom is 0.322 e. The number of methoxy groups -OCH3 is 1. The first-order valence-electron chi connectivity index (χ1n) is 7.03. The zero-order valence-corrected chi connectivity index (χ0v) is 12.7. The van der Waals surface area contributed by atoms with E-state index < -0.39 is 0 Å². The molecule has 1 N–H and O–H groups in total. The number of hydrogen-bond acceptors (Lipinski definition) is 3. The highest BCUT2D eigenvalue weighted by Crippen LogP contribution is 2.34. The van der Waals surface area contributed by atoms with Gasteiger partial charge in [0.15, 0.2) is 0 Å². The van der Waals surface area contributed by atoms with Crippen molar-refractivity contribution in [3.05, 3.63) is 46.7 Å². The van der Waals surface area contributed by atoms with Gasteiger partial charge in [-0.15, -0.1) is 11.3 Å². The van der Waals surface area contributed by atoms with Gasteiger partial charge in [0.05, 0.1) is 13.2 Å². The molecule has 3 rings (SSSR count). The van der Waals surface area contributed by atoms with Crippen LogP contribution < -0.4 is 10.1 Å². The third kappa shape index (κ3) is 3.03. The minimum atomic E-state index is -0.0314. The van der Waals surface area contributed by atoms with E-state index in [2.05, 4.69) is 16.8 Å². The van der Waals surface area contributed by atoms with Gasteiger partial charge < -0.3 is 15.0 Å². The van der Waals surface area contributed by atoms with Crippen LogP contribution in [0.5, 0.6) is 5.75 Å². The van der Waals surface area contributed by atoms with Gasteiger partial charge in [0.25, 0.3) is 0 Å². The molecule has 21 heavy (non-hydrogen) atoms. The lowest BCUT2D eigenvalue weighted by Crippen LogP contribution is -2.34. The summed E-state index contributed by atoms with van der Waals surface area (Å²) in [7, 11) is 1.63. The molecule has 0 spiro atoms. The van der Waals surface area contributed by atoms with Crippen LogP contribution in [0, 0.1) is 0 Å². The highest BCUT2D eigenvalue weighted by atomic mass is 32.1. The van der Waals surface area contributed by atoms with E-state index in [0.29, 0.717) is 0 Å². The summed E-state index contributed by atoms with van der Waals surface area (Å²) in [5.41, 5.74) is 0.789. The summed E-state index contributed by atoms with van der Waals surface area (Å²) < 4.78 is 5.12. The number of benzene rings is 1. The second-order valence-corrected chi connectivity index (χ2v) is 6.00. The van der Waals surface area contributed by atoms with E-state index in [4.69, 9.17) is 4.74 Å². The average Bonchev–Trinajstić information content (AvgIpc) is 3.18. The van der Waals surface area contributed by atoms with Crippen LogP contribution in [-0.2, 0) is 0 Å². The molecule has 1 aliphatic heterocycles. The number of amides is 2. The Hall–Kier alpha value is -2.01. The Labute approximate surface area is 128 Å². The van der Waals surface area contributed by atoms with Crippen LogP contribution in [-0.4, -0.2) is 24.6 Å². The Morgan fingerprint density at radius 3 is 2.81 bits per heavy atom. The smallest absolute Gasteiger partial charge is 0.322 e. The van der Waals surface area contributed by atoms with Gasteiger partial charge in [0, 0.05) is 17.1 Å². The molecular formula is C16H18N2O2S. The highest BCUT2D eigenvalue weighted by molar-refractivity contribution is 7.10. The van der Waals surface area contributed by atoms with Crippen LogP contribution >= 0.6 is 11.3 Å². The molecule has 0 radical (unpaired) electrons. The summed E-state index contributed by atoms with van der Waals surface area (Å²) in [6, 6.07) is 11.7. The van der Waals surface area contributed by atoms with E-state index in [1.54, 1.807) is 18.4 Å². The monoisotopic (exact) mass is 302 g/mol. The van der Waals surface area contributed by atoms with Crippen molar-refractivity contribution < 1.29 is 9.53 Å². The molecule has 2 aromatic rings. The first-order chi connectivity index (χ1) is 10.3. The fraction of sp³-hybridized carbons (Fsp3) is 0.312. The number of rotatable bonds is 3. The summed E-state index contributed by atoms with van der Waals surface area (Å²) >= 11 is 1.71. The maximum absolute atomic E-state index is 12.5. The number of nitrogens with one attached hydrogen (secondary N) is 1. The van der Waals surface area contributed by atoms with Gasteiger partial charge in [-0.2, -0.15) is 0 Å². The fourth-order valence-corrected chi connectivity index (χ4v) is 3.53. The number of anilines is 1. The highest BCUT2D eigenvalue weighted by Gasteiger charge is 2.30. The molecule has 1 unspecified atom stereocenters. The van der Waals surface area contributed by atoms with Crippen LogP contribution in [0.3, 0.4) is 0 Å². The van der Waals surface area contributed by atoms with Crippen LogP contribution in [0.15, 0.2) is 41.8 Å². The third-order valence-corrected chi connectivity index (χ3v) is 4.70. The lowest BCUT2D eigenvalue weighted by Gasteiger charge is -2.24. The van der Waals surface area contributed by atoms with E-state index in [0.717, 1.165) is 30.8 Å². The summed E-state index contributed by atoms with van der Waals surface area (Å²) in [6.07, 6.45) is 2.09. The molecule has 1 fully saturated rings. The van der Waals surface area contributed by atoms with Gasteiger partial charge in [-0.1, -0.05) is 6.07 Å². The van der Waals surface area contributed by atoms with Gasteiger partial charge in [-0.25, -0.2) is 4.79 Å². The Bertz CT molecular complexity index is 595. The van der Waals surface area contributed by atoms with Crippen molar-refractivity contribution in [3.63, 3.8) is 0 Å². The standard InChI is InChI=1S/C16H18N2O2S/c1-20-13-8-6-12(7-9-13)17-16(19)18-10-2-4-14(18)15-5-3-11-21-15/h3,5-9,11,14H,2,4,10H2,1H3,(H,17,19). The second kappa shape index (κ2) is 6.18. The predicted molar refractivity (Wildman–Crippen MR) is 85.0 cm³/mol. The third-order valence-electron chi connectivity index (χ3n) is 3.73. The first-order valence-corrected chi connectivity index (χ1v) is 7.91. The van der Waals surface area contributed by atoms with Gasteiger partial charge in [-0.3, -0.25) is 0 Å². The zero-order valence-electron chi connectivity index (χ0n) is 11.9. The molecule has 1 aromatic heterocycles. The number of thiophene rings is 1. The molecule has 1 aromatic carbocycles. The van der Waals surface area contributed by atoms with Gasteiger partial charge in [-0.05, 0) is 48.6 Å². The summed E-state index contributed by atoms with van der Waals surface area (Å²) in [5, 5.41) is 5.03. The summed E-state index contributed by atoms with van der Waals surface area (Å²) in [6.45, 7) is 0.810. The number of urea groups is 1. The second-order valence-electron chi connectivity index (χ2n) is 5.03. The molecule has 2 heterocycles. The number of carbonyl (C=O) groups excluding carboxylic acids is 1. The van der Waals surface area contributed by atoms with Crippen molar-refractivity contribution in [2.24, 2.45) is 0 Å². The number of ether oxygens (including phenoxy) is 1. The van der Waals surface area contributed by atoms with E-state index in [1.807, 2.05) is 35.2 Å². The van der Waals surface area contributed by atoms with E-state index in [9.17, 15) is 4.79 Å². The van der Waals surface area contributed by atoms with E-state index >= 15 is 0 Å². The topological polar surface area (TPSA) is 41.6 Å². The van der Waals surface area contributed by atoms with Gasteiger partial charge in [0.1, 0.15) is 5.75 Å². The summed E-state index contributed by atoms with van der Waals surface area (Å²) in [4.78, 5) is 15.7. The molecule has 1 atom stereocenters. The van der Waals surface area contributed by atoms with Crippen molar-refractivity contribution in [2.45, 2.75) is 18.9 Å².